The van der Waals surface area contributed by atoms with Gasteiger partial charge >= 0.3 is 5.97 Å². The van der Waals surface area contributed by atoms with Crippen LogP contribution in [0, 0.1) is 6.92 Å². The summed E-state index contributed by atoms with van der Waals surface area (Å²) in [5.41, 5.74) is 0.183. The van der Waals surface area contributed by atoms with Gasteiger partial charge < -0.3 is 14.8 Å². The van der Waals surface area contributed by atoms with E-state index in [1.807, 2.05) is 19.1 Å². The minimum atomic E-state index is -0.992. The summed E-state index contributed by atoms with van der Waals surface area (Å²) in [7, 11) is 0. The van der Waals surface area contributed by atoms with Gasteiger partial charge in [0.2, 0.25) is 5.89 Å². The van der Waals surface area contributed by atoms with Gasteiger partial charge in [-0.1, -0.05) is 24.3 Å². The first-order valence-electron chi connectivity index (χ1n) is 6.41. The van der Waals surface area contributed by atoms with Crippen molar-refractivity contribution in [2.45, 2.75) is 13.5 Å². The van der Waals surface area contributed by atoms with Crippen LogP contribution in [0.2, 0.25) is 0 Å². The summed E-state index contributed by atoms with van der Waals surface area (Å²) in [6.45, 7) is 2.21. The minimum absolute atomic E-state index is 0.183. The van der Waals surface area contributed by atoms with Crippen molar-refractivity contribution in [2.75, 3.05) is 5.32 Å². The van der Waals surface area contributed by atoms with Crippen molar-refractivity contribution in [1.82, 2.24) is 9.97 Å². The van der Waals surface area contributed by atoms with Gasteiger partial charge in [0, 0.05) is 17.0 Å². The number of hydrogen-bond acceptors (Lipinski definition) is 5. The minimum Gasteiger partial charge on any atom is -0.478 e. The number of anilines is 1. The smallest absolute Gasteiger partial charge is 0.337 e. The number of nitrogens with one attached hydrogen (secondary N) is 1. The summed E-state index contributed by atoms with van der Waals surface area (Å²) >= 11 is 0. The molecule has 2 N–H and O–H groups in total. The number of carbonyl (C=O) groups is 1. The van der Waals surface area contributed by atoms with Crippen molar-refractivity contribution < 1.29 is 14.3 Å². The van der Waals surface area contributed by atoms with Gasteiger partial charge in [-0.25, -0.2) is 14.8 Å². The van der Waals surface area contributed by atoms with Crippen LogP contribution < -0.4 is 5.32 Å². The molecule has 0 aliphatic heterocycles. The van der Waals surface area contributed by atoms with Gasteiger partial charge in [0.25, 0.3) is 0 Å². The molecule has 0 unspecified atom stereocenters. The van der Waals surface area contributed by atoms with Crippen LogP contribution in [0.4, 0.5) is 5.82 Å². The second-order valence-electron chi connectivity index (χ2n) is 4.59. The second-order valence-corrected chi connectivity index (χ2v) is 4.59. The number of benzene rings is 1. The number of fused-ring (bicyclic) bond motifs is 1. The van der Waals surface area contributed by atoms with Gasteiger partial charge in [-0.05, 0) is 6.92 Å². The number of rotatable bonds is 4. The number of nitrogens with zero attached hydrogens (tertiary/aromatic N) is 2. The third kappa shape index (κ3) is 2.55. The van der Waals surface area contributed by atoms with Crippen LogP contribution in [-0.2, 0) is 6.54 Å². The molecule has 0 fully saturated rings. The van der Waals surface area contributed by atoms with Crippen LogP contribution in [0.3, 0.4) is 0 Å². The van der Waals surface area contributed by atoms with Crippen molar-refractivity contribution in [3.8, 4) is 0 Å². The molecule has 2 aromatic heterocycles. The fourth-order valence-electron chi connectivity index (χ4n) is 2.15. The van der Waals surface area contributed by atoms with Gasteiger partial charge in [0.15, 0.2) is 0 Å². The average molecular weight is 283 g/mol. The number of oxazole rings is 1. The van der Waals surface area contributed by atoms with Gasteiger partial charge in [0.1, 0.15) is 11.6 Å². The van der Waals surface area contributed by atoms with E-state index in [0.717, 1.165) is 11.1 Å². The molecule has 0 saturated carbocycles. The molecule has 2 heterocycles. The van der Waals surface area contributed by atoms with E-state index < -0.39 is 5.97 Å². The van der Waals surface area contributed by atoms with E-state index >= 15 is 0 Å². The van der Waals surface area contributed by atoms with Crippen LogP contribution >= 0.6 is 0 Å². The van der Waals surface area contributed by atoms with E-state index in [1.54, 1.807) is 18.3 Å². The predicted molar refractivity (Wildman–Crippen MR) is 77.3 cm³/mol. The largest absolute Gasteiger partial charge is 0.478 e. The molecule has 21 heavy (non-hydrogen) atoms. The van der Waals surface area contributed by atoms with Crippen LogP contribution in [-0.4, -0.2) is 21.0 Å². The first kappa shape index (κ1) is 13.1. The number of carboxylic acids is 1. The van der Waals surface area contributed by atoms with Gasteiger partial charge in [0.05, 0.1) is 18.3 Å². The Morgan fingerprint density at radius 2 is 2.00 bits per heavy atom. The van der Waals surface area contributed by atoms with Crippen molar-refractivity contribution in [3.05, 3.63) is 53.9 Å². The Balaban J connectivity index is 1.96. The summed E-state index contributed by atoms with van der Waals surface area (Å²) in [5, 5.41) is 13.7. The third-order valence-corrected chi connectivity index (χ3v) is 3.10. The van der Waals surface area contributed by atoms with Crippen molar-refractivity contribution >= 4 is 22.6 Å². The molecule has 0 spiro atoms. The number of aromatic carboxylic acids is 1. The first-order valence-corrected chi connectivity index (χ1v) is 6.41. The molecular weight excluding hydrogens is 270 g/mol. The average Bonchev–Trinajstić information content (AvgIpc) is 2.90. The Morgan fingerprint density at radius 1 is 1.24 bits per heavy atom. The summed E-state index contributed by atoms with van der Waals surface area (Å²) in [5.74, 6) is 0.909. The molecule has 0 saturated heterocycles. The summed E-state index contributed by atoms with van der Waals surface area (Å²) in [6.07, 6.45) is 3.00. The lowest BCUT2D eigenvalue weighted by molar-refractivity contribution is 0.0698. The lowest BCUT2D eigenvalue weighted by Gasteiger charge is -2.09. The molecule has 6 heteroatoms. The van der Waals surface area contributed by atoms with Crippen LogP contribution in [0.25, 0.3) is 10.8 Å². The number of aryl methyl sites for hydroxylation is 1. The van der Waals surface area contributed by atoms with E-state index in [1.165, 1.54) is 6.20 Å². The monoisotopic (exact) mass is 283 g/mol. The SMILES string of the molecule is Cc1cnc(CNc2ncc(C(=O)O)c3ccccc23)o1. The predicted octanol–water partition coefficient (Wildman–Crippen LogP) is 2.84. The zero-order valence-electron chi connectivity index (χ0n) is 11.3. The zero-order valence-corrected chi connectivity index (χ0v) is 11.3. The molecule has 1 aromatic carbocycles. The van der Waals surface area contributed by atoms with Crippen LogP contribution in [0.5, 0.6) is 0 Å². The molecule has 0 bridgehead atoms. The fraction of sp³-hybridized carbons (Fsp3) is 0.133. The summed E-state index contributed by atoms with van der Waals surface area (Å²) in [4.78, 5) is 19.5. The molecule has 0 aliphatic carbocycles. The Kier molecular flexibility index (Phi) is 3.27. The Morgan fingerprint density at radius 3 is 2.67 bits per heavy atom. The van der Waals surface area contributed by atoms with Gasteiger partial charge in [-0.15, -0.1) is 0 Å². The van der Waals surface area contributed by atoms with Crippen molar-refractivity contribution in [3.63, 3.8) is 0 Å². The van der Waals surface area contributed by atoms with Crippen LogP contribution in [0.15, 0.2) is 41.1 Å². The quantitative estimate of drug-likeness (QED) is 0.765. The maximum absolute atomic E-state index is 11.2. The highest BCUT2D eigenvalue weighted by Crippen LogP contribution is 2.24. The Hall–Kier alpha value is -2.89. The standard InChI is InChI=1S/C15H13N3O3/c1-9-6-16-13(21-9)8-18-14-11-5-3-2-4-10(11)12(7-17-14)15(19)20/h2-7H,8H2,1H3,(H,17,18)(H,19,20). The molecule has 106 valence electrons. The third-order valence-electron chi connectivity index (χ3n) is 3.10. The lowest BCUT2D eigenvalue weighted by Crippen LogP contribution is -2.05. The van der Waals surface area contributed by atoms with Gasteiger partial charge in [-0.2, -0.15) is 0 Å². The maximum Gasteiger partial charge on any atom is 0.337 e. The molecule has 0 radical (unpaired) electrons. The van der Waals surface area contributed by atoms with Crippen molar-refractivity contribution in [1.29, 1.82) is 0 Å². The highest BCUT2D eigenvalue weighted by atomic mass is 16.4. The van der Waals surface area contributed by atoms with Crippen LogP contribution in [0.1, 0.15) is 22.0 Å². The molecule has 3 aromatic rings. The lowest BCUT2D eigenvalue weighted by atomic mass is 10.1. The highest BCUT2D eigenvalue weighted by molar-refractivity contribution is 6.06. The van der Waals surface area contributed by atoms with Gasteiger partial charge in [-0.3, -0.25) is 0 Å². The Labute approximate surface area is 120 Å². The topological polar surface area (TPSA) is 88.2 Å². The number of pyridine rings is 1. The zero-order chi connectivity index (χ0) is 14.8. The highest BCUT2D eigenvalue weighted by Gasteiger charge is 2.12. The number of aromatic nitrogens is 2. The van der Waals surface area contributed by atoms with Crippen molar-refractivity contribution in [2.24, 2.45) is 0 Å². The number of carboxylic acid groups (broad SMARTS) is 1. The molecular formula is C15H13N3O3. The maximum atomic E-state index is 11.2. The molecule has 0 aliphatic rings. The molecule has 0 atom stereocenters. The second kappa shape index (κ2) is 5.24. The molecule has 0 amide bonds. The Bertz CT molecular complexity index is 811. The number of hydrogen-bond donors (Lipinski definition) is 2. The first-order chi connectivity index (χ1) is 10.1. The summed E-state index contributed by atoms with van der Waals surface area (Å²) < 4.78 is 5.38. The summed E-state index contributed by atoms with van der Waals surface area (Å²) in [6, 6.07) is 7.24. The normalized spacial score (nSPS) is 10.7. The van der Waals surface area contributed by atoms with E-state index in [2.05, 4.69) is 15.3 Å². The van der Waals surface area contributed by atoms with E-state index in [0.29, 0.717) is 23.6 Å². The fourth-order valence-corrected chi connectivity index (χ4v) is 2.15. The molecule has 6 nitrogen and oxygen atoms in total. The van der Waals surface area contributed by atoms with E-state index in [9.17, 15) is 9.90 Å². The van der Waals surface area contributed by atoms with E-state index in [-0.39, 0.29) is 5.56 Å². The molecule has 3 rings (SSSR count). The van der Waals surface area contributed by atoms with E-state index in [4.69, 9.17) is 4.42 Å².